The number of benzene rings is 1. The second-order valence-corrected chi connectivity index (χ2v) is 6.77. The van der Waals surface area contributed by atoms with Crippen LogP contribution >= 0.6 is 11.3 Å². The van der Waals surface area contributed by atoms with Crippen molar-refractivity contribution in [3.8, 4) is 16.3 Å². The summed E-state index contributed by atoms with van der Waals surface area (Å²) in [7, 11) is 0. The van der Waals surface area contributed by atoms with Gasteiger partial charge in [0.25, 0.3) is 0 Å². The van der Waals surface area contributed by atoms with Crippen LogP contribution in [0.2, 0.25) is 0 Å². The highest BCUT2D eigenvalue weighted by Crippen LogP contribution is 2.28. The SMILES string of the molecule is Cc1ccc(-c2nnc(CCCNCC(C)C)s2)cc1O. The minimum absolute atomic E-state index is 0.308. The molecule has 0 saturated heterocycles. The number of aromatic nitrogens is 2. The highest BCUT2D eigenvalue weighted by atomic mass is 32.1. The van der Waals surface area contributed by atoms with Crippen LogP contribution in [0, 0.1) is 12.8 Å². The smallest absolute Gasteiger partial charge is 0.147 e. The normalized spacial score (nSPS) is 11.2. The lowest BCUT2D eigenvalue weighted by Gasteiger charge is -2.05. The van der Waals surface area contributed by atoms with Crippen LogP contribution in [0.15, 0.2) is 18.2 Å². The Hall–Kier alpha value is -1.46. The van der Waals surface area contributed by atoms with Gasteiger partial charge < -0.3 is 10.4 Å². The Balaban J connectivity index is 1.87. The molecule has 0 aliphatic heterocycles. The van der Waals surface area contributed by atoms with E-state index in [1.54, 1.807) is 17.4 Å². The maximum Gasteiger partial charge on any atom is 0.147 e. The molecular weight excluding hydrogens is 282 g/mol. The summed E-state index contributed by atoms with van der Waals surface area (Å²) in [6.45, 7) is 8.37. The van der Waals surface area contributed by atoms with Crippen molar-refractivity contribution in [1.82, 2.24) is 15.5 Å². The first-order chi connectivity index (χ1) is 10.1. The van der Waals surface area contributed by atoms with Crippen LogP contribution < -0.4 is 5.32 Å². The zero-order valence-corrected chi connectivity index (χ0v) is 13.7. The Morgan fingerprint density at radius 3 is 2.81 bits per heavy atom. The van der Waals surface area contributed by atoms with Crippen molar-refractivity contribution in [3.63, 3.8) is 0 Å². The predicted octanol–water partition coefficient (Wildman–Crippen LogP) is 3.40. The fourth-order valence-electron chi connectivity index (χ4n) is 1.97. The van der Waals surface area contributed by atoms with Gasteiger partial charge in [-0.25, -0.2) is 0 Å². The Morgan fingerprint density at radius 1 is 1.29 bits per heavy atom. The van der Waals surface area contributed by atoms with Gasteiger partial charge in [-0.15, -0.1) is 10.2 Å². The number of nitrogens with one attached hydrogen (secondary N) is 1. The second-order valence-electron chi connectivity index (χ2n) is 5.70. The van der Waals surface area contributed by atoms with Crippen LogP contribution in [-0.4, -0.2) is 28.4 Å². The summed E-state index contributed by atoms with van der Waals surface area (Å²) in [6, 6.07) is 5.63. The van der Waals surface area contributed by atoms with Crippen molar-refractivity contribution in [2.45, 2.75) is 33.6 Å². The Kier molecular flexibility index (Phi) is 5.70. The molecule has 0 radical (unpaired) electrons. The van der Waals surface area contributed by atoms with Crippen LogP contribution in [-0.2, 0) is 6.42 Å². The third kappa shape index (κ3) is 4.79. The summed E-state index contributed by atoms with van der Waals surface area (Å²) < 4.78 is 0. The van der Waals surface area contributed by atoms with Crippen LogP contribution in [0.1, 0.15) is 30.8 Å². The monoisotopic (exact) mass is 305 g/mol. The summed E-state index contributed by atoms with van der Waals surface area (Å²) in [5, 5.41) is 23.6. The lowest BCUT2D eigenvalue weighted by molar-refractivity contribution is 0.471. The fourth-order valence-corrected chi connectivity index (χ4v) is 2.85. The van der Waals surface area contributed by atoms with Crippen LogP contribution in [0.3, 0.4) is 0 Å². The Bertz CT molecular complexity index is 581. The van der Waals surface area contributed by atoms with Gasteiger partial charge in [-0.05, 0) is 44.0 Å². The van der Waals surface area contributed by atoms with E-state index in [9.17, 15) is 5.11 Å². The van der Waals surface area contributed by atoms with Crippen molar-refractivity contribution in [1.29, 1.82) is 0 Å². The third-order valence-corrected chi connectivity index (χ3v) is 4.25. The van der Waals surface area contributed by atoms with Gasteiger partial charge in [0.15, 0.2) is 0 Å². The Labute approximate surface area is 130 Å². The number of aryl methyl sites for hydroxylation is 2. The number of nitrogens with zero attached hydrogens (tertiary/aromatic N) is 2. The van der Waals surface area contributed by atoms with Crippen molar-refractivity contribution in [2.75, 3.05) is 13.1 Å². The predicted molar refractivity (Wildman–Crippen MR) is 87.8 cm³/mol. The first kappa shape index (κ1) is 15.9. The molecule has 0 saturated carbocycles. The van der Waals surface area contributed by atoms with E-state index in [2.05, 4.69) is 29.4 Å². The summed E-state index contributed by atoms with van der Waals surface area (Å²) >= 11 is 1.60. The van der Waals surface area contributed by atoms with E-state index >= 15 is 0 Å². The maximum absolute atomic E-state index is 9.76. The third-order valence-electron chi connectivity index (χ3n) is 3.22. The summed E-state index contributed by atoms with van der Waals surface area (Å²) in [6.07, 6.45) is 2.01. The zero-order valence-electron chi connectivity index (χ0n) is 12.9. The standard InChI is InChI=1S/C16H23N3OS/c1-11(2)10-17-8-4-5-15-18-19-16(21-15)13-7-6-12(3)14(20)9-13/h6-7,9,11,17,20H,4-5,8,10H2,1-3H3. The fraction of sp³-hybridized carbons (Fsp3) is 0.500. The van der Waals surface area contributed by atoms with Crippen molar-refractivity contribution in [2.24, 2.45) is 5.92 Å². The number of hydrogen-bond donors (Lipinski definition) is 2. The van der Waals surface area contributed by atoms with E-state index in [0.717, 1.165) is 47.1 Å². The molecular formula is C16H23N3OS. The molecule has 1 heterocycles. The van der Waals surface area contributed by atoms with Gasteiger partial charge in [0.2, 0.25) is 0 Å². The van der Waals surface area contributed by atoms with Gasteiger partial charge in [0.1, 0.15) is 15.8 Å². The first-order valence-corrected chi connectivity index (χ1v) is 8.21. The molecule has 1 aromatic carbocycles. The summed E-state index contributed by atoms with van der Waals surface area (Å²) in [5.74, 6) is 0.995. The molecule has 2 N–H and O–H groups in total. The lowest BCUT2D eigenvalue weighted by Crippen LogP contribution is -2.21. The minimum Gasteiger partial charge on any atom is -0.508 e. The van der Waals surface area contributed by atoms with Crippen molar-refractivity contribution in [3.05, 3.63) is 28.8 Å². The van der Waals surface area contributed by atoms with E-state index in [1.165, 1.54) is 0 Å². The molecule has 0 unspecified atom stereocenters. The number of hydrogen-bond acceptors (Lipinski definition) is 5. The minimum atomic E-state index is 0.308. The number of aromatic hydroxyl groups is 1. The van der Waals surface area contributed by atoms with Crippen LogP contribution in [0.4, 0.5) is 0 Å². The molecule has 4 nitrogen and oxygen atoms in total. The molecule has 5 heteroatoms. The van der Waals surface area contributed by atoms with Gasteiger partial charge in [-0.3, -0.25) is 0 Å². The zero-order chi connectivity index (χ0) is 15.2. The second kappa shape index (κ2) is 7.52. The topological polar surface area (TPSA) is 58.0 Å². The number of rotatable bonds is 7. The number of phenolic OH excluding ortho intramolecular Hbond substituents is 1. The lowest BCUT2D eigenvalue weighted by atomic mass is 10.1. The molecule has 0 amide bonds. The largest absolute Gasteiger partial charge is 0.508 e. The summed E-state index contributed by atoms with van der Waals surface area (Å²) in [4.78, 5) is 0. The van der Waals surface area contributed by atoms with E-state index in [4.69, 9.17) is 0 Å². The molecule has 1 aromatic heterocycles. The van der Waals surface area contributed by atoms with Gasteiger partial charge in [0, 0.05) is 12.0 Å². The molecule has 0 fully saturated rings. The van der Waals surface area contributed by atoms with E-state index < -0.39 is 0 Å². The average molecular weight is 305 g/mol. The van der Waals surface area contributed by atoms with Crippen LogP contribution in [0.25, 0.3) is 10.6 Å². The average Bonchev–Trinajstić information content (AvgIpc) is 2.90. The quantitative estimate of drug-likeness (QED) is 0.770. The van der Waals surface area contributed by atoms with E-state index in [-0.39, 0.29) is 0 Å². The van der Waals surface area contributed by atoms with Crippen LogP contribution in [0.5, 0.6) is 5.75 Å². The molecule has 21 heavy (non-hydrogen) atoms. The molecule has 0 atom stereocenters. The van der Waals surface area contributed by atoms with E-state index in [1.807, 2.05) is 19.1 Å². The molecule has 114 valence electrons. The number of phenols is 1. The van der Waals surface area contributed by atoms with Crippen molar-refractivity contribution < 1.29 is 5.11 Å². The molecule has 0 spiro atoms. The van der Waals surface area contributed by atoms with Gasteiger partial charge in [-0.2, -0.15) is 0 Å². The van der Waals surface area contributed by atoms with Gasteiger partial charge in [-0.1, -0.05) is 37.3 Å². The first-order valence-electron chi connectivity index (χ1n) is 7.39. The molecule has 2 rings (SSSR count). The molecule has 2 aromatic rings. The highest BCUT2D eigenvalue weighted by Gasteiger charge is 2.08. The highest BCUT2D eigenvalue weighted by molar-refractivity contribution is 7.14. The molecule has 0 aliphatic rings. The van der Waals surface area contributed by atoms with Crippen molar-refractivity contribution >= 4 is 11.3 Å². The summed E-state index contributed by atoms with van der Waals surface area (Å²) in [5.41, 5.74) is 1.81. The maximum atomic E-state index is 9.76. The van der Waals surface area contributed by atoms with Gasteiger partial charge in [0.05, 0.1) is 0 Å². The molecule has 0 aliphatic carbocycles. The van der Waals surface area contributed by atoms with E-state index in [0.29, 0.717) is 11.7 Å². The Morgan fingerprint density at radius 2 is 2.10 bits per heavy atom. The molecule has 0 bridgehead atoms. The van der Waals surface area contributed by atoms with Gasteiger partial charge >= 0.3 is 0 Å².